The Morgan fingerprint density at radius 1 is 1.00 bits per heavy atom. The van der Waals surface area contributed by atoms with Crippen molar-refractivity contribution in [2.24, 2.45) is 5.92 Å². The monoisotopic (exact) mass is 273 g/mol. The second-order valence-electron chi connectivity index (χ2n) is 6.57. The Labute approximate surface area is 123 Å². The lowest BCUT2D eigenvalue weighted by atomic mass is 9.86. The molecule has 0 bridgehead atoms. The number of aromatic nitrogens is 1. The number of nitrogens with zero attached hydrogens (tertiary/aromatic N) is 3. The summed E-state index contributed by atoms with van der Waals surface area (Å²) in [4.78, 5) is 9.81. The Morgan fingerprint density at radius 2 is 1.70 bits per heavy atom. The Hall–Kier alpha value is -1.09. The van der Waals surface area contributed by atoms with E-state index in [1.165, 1.54) is 38.8 Å². The van der Waals surface area contributed by atoms with Gasteiger partial charge in [-0.2, -0.15) is 0 Å². The van der Waals surface area contributed by atoms with Crippen LogP contribution in [0, 0.1) is 12.8 Å². The van der Waals surface area contributed by atoms with E-state index in [0.29, 0.717) is 0 Å². The molecule has 0 atom stereocenters. The summed E-state index contributed by atoms with van der Waals surface area (Å²) in [6.45, 7) is 9.13. The molecule has 0 radical (unpaired) electrons. The summed E-state index contributed by atoms with van der Waals surface area (Å²) < 4.78 is 0. The van der Waals surface area contributed by atoms with Gasteiger partial charge in [-0.05, 0) is 50.7 Å². The van der Waals surface area contributed by atoms with Gasteiger partial charge in [0.05, 0.1) is 0 Å². The first-order valence-corrected chi connectivity index (χ1v) is 8.15. The fourth-order valence-corrected chi connectivity index (χ4v) is 3.63. The highest BCUT2D eigenvalue weighted by Gasteiger charge is 2.27. The van der Waals surface area contributed by atoms with E-state index in [-0.39, 0.29) is 0 Å². The number of anilines is 1. The third kappa shape index (κ3) is 3.14. The smallest absolute Gasteiger partial charge is 0.128 e. The molecule has 0 N–H and O–H groups in total. The summed E-state index contributed by atoms with van der Waals surface area (Å²) in [6, 6.07) is 7.18. The summed E-state index contributed by atoms with van der Waals surface area (Å²) in [5.74, 6) is 2.10. The van der Waals surface area contributed by atoms with E-state index in [2.05, 4.69) is 46.8 Å². The van der Waals surface area contributed by atoms with Gasteiger partial charge in [0.15, 0.2) is 0 Å². The fraction of sp³-hybridized carbons (Fsp3) is 0.706. The van der Waals surface area contributed by atoms with Crippen molar-refractivity contribution in [1.82, 2.24) is 9.88 Å². The molecule has 0 spiro atoms. The molecule has 0 unspecified atom stereocenters. The second-order valence-corrected chi connectivity index (χ2v) is 6.57. The average Bonchev–Trinajstić information content (AvgIpc) is 2.48. The lowest BCUT2D eigenvalue weighted by Gasteiger charge is -2.42. The zero-order chi connectivity index (χ0) is 13.9. The minimum atomic E-state index is 0.846. The molecule has 1 saturated carbocycles. The van der Waals surface area contributed by atoms with Crippen LogP contribution in [0.4, 0.5) is 5.82 Å². The highest BCUT2D eigenvalue weighted by atomic mass is 15.3. The molecule has 0 aromatic carbocycles. The average molecular weight is 273 g/mol. The van der Waals surface area contributed by atoms with Crippen molar-refractivity contribution >= 4 is 5.82 Å². The van der Waals surface area contributed by atoms with Crippen molar-refractivity contribution in [3.63, 3.8) is 0 Å². The lowest BCUT2D eigenvalue weighted by molar-refractivity contribution is 0.132. The first-order valence-electron chi connectivity index (χ1n) is 8.15. The van der Waals surface area contributed by atoms with Crippen molar-refractivity contribution in [1.29, 1.82) is 0 Å². The molecule has 0 amide bonds. The summed E-state index contributed by atoms with van der Waals surface area (Å²) >= 11 is 0. The molecule has 1 aliphatic heterocycles. The van der Waals surface area contributed by atoms with Gasteiger partial charge in [0, 0.05) is 37.9 Å². The zero-order valence-corrected chi connectivity index (χ0v) is 12.9. The molecule has 1 aliphatic carbocycles. The van der Waals surface area contributed by atoms with Gasteiger partial charge in [0.1, 0.15) is 5.82 Å². The van der Waals surface area contributed by atoms with Crippen LogP contribution in [-0.4, -0.2) is 42.1 Å². The molecular weight excluding hydrogens is 246 g/mol. The zero-order valence-electron chi connectivity index (χ0n) is 12.9. The van der Waals surface area contributed by atoms with Crippen molar-refractivity contribution in [2.45, 2.75) is 45.6 Å². The normalized spacial score (nSPS) is 28.6. The van der Waals surface area contributed by atoms with Crippen molar-refractivity contribution < 1.29 is 0 Å². The third-order valence-corrected chi connectivity index (χ3v) is 5.01. The van der Waals surface area contributed by atoms with E-state index < -0.39 is 0 Å². The largest absolute Gasteiger partial charge is 0.354 e. The first-order chi connectivity index (χ1) is 9.72. The molecule has 3 heteroatoms. The van der Waals surface area contributed by atoms with Crippen molar-refractivity contribution in [3.05, 3.63) is 23.9 Å². The molecule has 2 aliphatic rings. The molecular formula is C17H27N3. The maximum absolute atomic E-state index is 4.65. The minimum Gasteiger partial charge on any atom is -0.354 e. The van der Waals surface area contributed by atoms with E-state index in [4.69, 9.17) is 0 Å². The SMILES string of the molecule is Cc1cccc(N2CCN(C3CCC(C)CC3)CC2)n1. The highest BCUT2D eigenvalue weighted by molar-refractivity contribution is 5.39. The Morgan fingerprint density at radius 3 is 2.35 bits per heavy atom. The third-order valence-electron chi connectivity index (χ3n) is 5.01. The molecule has 2 fully saturated rings. The molecule has 1 aromatic heterocycles. The maximum Gasteiger partial charge on any atom is 0.128 e. The van der Waals surface area contributed by atoms with Gasteiger partial charge in [-0.1, -0.05) is 13.0 Å². The van der Waals surface area contributed by atoms with Gasteiger partial charge < -0.3 is 4.90 Å². The molecule has 1 saturated heterocycles. The quantitative estimate of drug-likeness (QED) is 0.825. The number of hydrogen-bond donors (Lipinski definition) is 0. The van der Waals surface area contributed by atoms with E-state index in [1.807, 2.05) is 0 Å². The van der Waals surface area contributed by atoms with Gasteiger partial charge in [-0.3, -0.25) is 4.90 Å². The molecule has 3 nitrogen and oxygen atoms in total. The number of piperazine rings is 1. The van der Waals surface area contributed by atoms with Gasteiger partial charge in [0.2, 0.25) is 0 Å². The Bertz CT molecular complexity index is 430. The van der Waals surface area contributed by atoms with Crippen LogP contribution in [0.5, 0.6) is 0 Å². The van der Waals surface area contributed by atoms with Crippen LogP contribution in [0.25, 0.3) is 0 Å². The van der Waals surface area contributed by atoms with Crippen molar-refractivity contribution in [3.8, 4) is 0 Å². The van der Waals surface area contributed by atoms with E-state index in [0.717, 1.165) is 36.6 Å². The topological polar surface area (TPSA) is 19.4 Å². The Kier molecular flexibility index (Phi) is 4.25. The summed E-state index contributed by atoms with van der Waals surface area (Å²) in [7, 11) is 0. The van der Waals surface area contributed by atoms with E-state index in [1.54, 1.807) is 0 Å². The van der Waals surface area contributed by atoms with Crippen LogP contribution in [0.15, 0.2) is 18.2 Å². The predicted octanol–water partition coefficient (Wildman–Crippen LogP) is 3.09. The van der Waals surface area contributed by atoms with Gasteiger partial charge in [-0.25, -0.2) is 4.98 Å². The molecule has 20 heavy (non-hydrogen) atoms. The van der Waals surface area contributed by atoms with Gasteiger partial charge in [0.25, 0.3) is 0 Å². The van der Waals surface area contributed by atoms with Gasteiger partial charge >= 0.3 is 0 Å². The number of hydrogen-bond acceptors (Lipinski definition) is 3. The number of rotatable bonds is 2. The van der Waals surface area contributed by atoms with Crippen molar-refractivity contribution in [2.75, 3.05) is 31.1 Å². The van der Waals surface area contributed by atoms with Crippen LogP contribution >= 0.6 is 0 Å². The molecule has 2 heterocycles. The van der Waals surface area contributed by atoms with E-state index in [9.17, 15) is 0 Å². The van der Waals surface area contributed by atoms with Crippen LogP contribution in [0.2, 0.25) is 0 Å². The minimum absolute atomic E-state index is 0.846. The summed E-state index contributed by atoms with van der Waals surface area (Å²) in [6.07, 6.45) is 5.66. The molecule has 3 rings (SSSR count). The highest BCUT2D eigenvalue weighted by Crippen LogP contribution is 2.28. The summed E-state index contributed by atoms with van der Waals surface area (Å²) in [5.41, 5.74) is 1.12. The standard InChI is InChI=1S/C17H27N3/c1-14-6-8-16(9-7-14)19-10-12-20(13-11-19)17-5-3-4-15(2)18-17/h3-5,14,16H,6-13H2,1-2H3. The number of pyridine rings is 1. The van der Waals surface area contributed by atoms with Crippen LogP contribution in [-0.2, 0) is 0 Å². The number of aryl methyl sites for hydroxylation is 1. The predicted molar refractivity (Wildman–Crippen MR) is 84.2 cm³/mol. The van der Waals surface area contributed by atoms with E-state index >= 15 is 0 Å². The first kappa shape index (κ1) is 13.9. The van der Waals surface area contributed by atoms with Crippen LogP contribution < -0.4 is 4.90 Å². The second kappa shape index (κ2) is 6.13. The lowest BCUT2D eigenvalue weighted by Crippen LogP contribution is -2.51. The van der Waals surface area contributed by atoms with Crippen LogP contribution in [0.3, 0.4) is 0 Å². The van der Waals surface area contributed by atoms with Crippen LogP contribution in [0.1, 0.15) is 38.3 Å². The fourth-order valence-electron chi connectivity index (χ4n) is 3.63. The molecule has 110 valence electrons. The molecule has 1 aromatic rings. The van der Waals surface area contributed by atoms with Gasteiger partial charge in [-0.15, -0.1) is 0 Å². The summed E-state index contributed by atoms with van der Waals surface area (Å²) in [5, 5.41) is 0. The Balaban J connectivity index is 1.54. The maximum atomic E-state index is 4.65.